The largest absolute Gasteiger partial charge is 0.454 e. The number of methoxy groups -OCH3 is 1. The van der Waals surface area contributed by atoms with Crippen molar-refractivity contribution in [3.63, 3.8) is 0 Å². The van der Waals surface area contributed by atoms with Crippen molar-refractivity contribution in [3.8, 4) is 22.8 Å². The van der Waals surface area contributed by atoms with Crippen LogP contribution in [0.25, 0.3) is 11.3 Å². The van der Waals surface area contributed by atoms with Gasteiger partial charge in [-0.05, 0) is 18.2 Å². The zero-order chi connectivity index (χ0) is 17.1. The Hall–Kier alpha value is -2.16. The molecule has 0 fully saturated rings. The number of hydrogen-bond acceptors (Lipinski definition) is 7. The number of nitrogens with one attached hydrogen (secondary N) is 1. The molecule has 0 spiro atoms. The van der Waals surface area contributed by atoms with Crippen LogP contribution in [-0.2, 0) is 22.6 Å². The van der Waals surface area contributed by atoms with Gasteiger partial charge < -0.3 is 24.3 Å². The predicted molar refractivity (Wildman–Crippen MR) is 89.5 cm³/mol. The zero-order valence-electron chi connectivity index (χ0n) is 14.2. The molecule has 1 unspecified atom stereocenters. The van der Waals surface area contributed by atoms with Crippen LogP contribution >= 0.6 is 0 Å². The summed E-state index contributed by atoms with van der Waals surface area (Å²) in [6.45, 7) is 4.65. The minimum atomic E-state index is 0.263. The second-order valence-corrected chi connectivity index (χ2v) is 6.21. The molecule has 0 saturated heterocycles. The Morgan fingerprint density at radius 1 is 1.32 bits per heavy atom. The van der Waals surface area contributed by atoms with Crippen molar-refractivity contribution < 1.29 is 18.9 Å². The second kappa shape index (κ2) is 7.38. The van der Waals surface area contributed by atoms with E-state index in [9.17, 15) is 0 Å². The van der Waals surface area contributed by atoms with Gasteiger partial charge in [-0.15, -0.1) is 5.10 Å². The fraction of sp³-hybridized carbons (Fsp3) is 0.529. The van der Waals surface area contributed by atoms with Crippen molar-refractivity contribution in [2.45, 2.75) is 13.2 Å². The van der Waals surface area contributed by atoms with Gasteiger partial charge in [0.2, 0.25) is 6.79 Å². The minimum absolute atomic E-state index is 0.263. The van der Waals surface area contributed by atoms with Gasteiger partial charge in [0.1, 0.15) is 5.69 Å². The number of nitrogens with zero attached hydrogens (tertiary/aromatic N) is 3. The summed E-state index contributed by atoms with van der Waals surface area (Å²) in [5, 5.41) is 12.1. The molecule has 0 aliphatic carbocycles. The lowest BCUT2D eigenvalue weighted by molar-refractivity contribution is 0.0933. The maximum absolute atomic E-state index is 5.88. The zero-order valence-corrected chi connectivity index (χ0v) is 14.2. The highest BCUT2D eigenvalue weighted by atomic mass is 16.7. The Balaban J connectivity index is 1.49. The van der Waals surface area contributed by atoms with Gasteiger partial charge in [0.05, 0.1) is 25.5 Å². The molecular formula is C17H22N4O4. The van der Waals surface area contributed by atoms with Crippen LogP contribution in [0.2, 0.25) is 0 Å². The molecule has 1 N–H and O–H groups in total. The minimum Gasteiger partial charge on any atom is -0.454 e. The molecule has 3 heterocycles. The molecule has 2 aliphatic rings. The Kier molecular flexibility index (Phi) is 4.82. The van der Waals surface area contributed by atoms with Gasteiger partial charge in [0, 0.05) is 38.2 Å². The van der Waals surface area contributed by atoms with Crippen molar-refractivity contribution in [2.75, 3.05) is 40.2 Å². The third-order valence-electron chi connectivity index (χ3n) is 4.42. The van der Waals surface area contributed by atoms with E-state index in [-0.39, 0.29) is 6.79 Å². The summed E-state index contributed by atoms with van der Waals surface area (Å²) in [5.74, 6) is 1.86. The molecule has 1 aromatic carbocycles. The second-order valence-electron chi connectivity index (χ2n) is 6.21. The van der Waals surface area contributed by atoms with Gasteiger partial charge in [-0.3, -0.25) is 0 Å². The lowest BCUT2D eigenvalue weighted by atomic mass is 10.1. The highest BCUT2D eigenvalue weighted by Crippen LogP contribution is 2.36. The van der Waals surface area contributed by atoms with Gasteiger partial charge in [0.25, 0.3) is 0 Å². The van der Waals surface area contributed by atoms with Crippen molar-refractivity contribution in [1.29, 1.82) is 0 Å². The number of rotatable bonds is 6. The molecule has 1 aromatic heterocycles. The summed E-state index contributed by atoms with van der Waals surface area (Å²) in [6.07, 6.45) is 0. The first-order valence-electron chi connectivity index (χ1n) is 8.45. The maximum Gasteiger partial charge on any atom is 0.231 e. The molecule has 4 rings (SSSR count). The van der Waals surface area contributed by atoms with Crippen molar-refractivity contribution in [1.82, 2.24) is 20.3 Å². The summed E-state index contributed by atoms with van der Waals surface area (Å²) in [7, 11) is 1.70. The third kappa shape index (κ3) is 3.46. The van der Waals surface area contributed by atoms with Crippen LogP contribution in [0.4, 0.5) is 0 Å². The normalized spacial score (nSPS) is 18.8. The van der Waals surface area contributed by atoms with Gasteiger partial charge in [0.15, 0.2) is 11.5 Å². The van der Waals surface area contributed by atoms with Gasteiger partial charge >= 0.3 is 0 Å². The first-order valence-corrected chi connectivity index (χ1v) is 8.45. The molecule has 1 atom stereocenters. The first-order chi connectivity index (χ1) is 12.3. The Morgan fingerprint density at radius 3 is 3.16 bits per heavy atom. The van der Waals surface area contributed by atoms with E-state index in [2.05, 4.69) is 15.6 Å². The van der Waals surface area contributed by atoms with Crippen LogP contribution in [0.5, 0.6) is 11.5 Å². The molecule has 25 heavy (non-hydrogen) atoms. The molecule has 0 amide bonds. The third-order valence-corrected chi connectivity index (χ3v) is 4.42. The molecule has 0 bridgehead atoms. The van der Waals surface area contributed by atoms with E-state index in [4.69, 9.17) is 18.9 Å². The Labute approximate surface area is 146 Å². The number of ether oxygens (including phenoxy) is 4. The van der Waals surface area contributed by atoms with Crippen molar-refractivity contribution >= 4 is 0 Å². The standard InChI is InChI=1S/C17H22N4O4/c1-22-5-4-18-7-12-8-21-14(10-23-9-12)17(19-20-21)13-2-3-15-16(6-13)25-11-24-15/h2-3,6,12,18H,4-5,7-11H2,1H3. The van der Waals surface area contributed by atoms with Crippen LogP contribution in [0, 0.1) is 5.92 Å². The molecule has 0 saturated carbocycles. The molecule has 8 nitrogen and oxygen atoms in total. The molecule has 2 aromatic rings. The summed E-state index contributed by atoms with van der Waals surface area (Å²) in [4.78, 5) is 0. The van der Waals surface area contributed by atoms with Gasteiger partial charge in [-0.25, -0.2) is 4.68 Å². The number of hydrogen-bond donors (Lipinski definition) is 1. The average molecular weight is 346 g/mol. The SMILES string of the molecule is COCCNCC1COCc2c(-c3ccc4c(c3)OCO4)nnn2C1. The molecule has 8 heteroatoms. The Morgan fingerprint density at radius 2 is 2.24 bits per heavy atom. The Bertz CT molecular complexity index is 733. The fourth-order valence-corrected chi connectivity index (χ4v) is 3.11. The topological polar surface area (TPSA) is 79.7 Å². The van der Waals surface area contributed by atoms with E-state index < -0.39 is 0 Å². The van der Waals surface area contributed by atoms with Crippen LogP contribution in [-0.4, -0.2) is 55.2 Å². The lowest BCUT2D eigenvalue weighted by Gasteiger charge is -2.14. The molecular weight excluding hydrogens is 324 g/mol. The fourth-order valence-electron chi connectivity index (χ4n) is 3.11. The molecule has 0 radical (unpaired) electrons. The van der Waals surface area contributed by atoms with E-state index in [1.54, 1.807) is 7.11 Å². The predicted octanol–water partition coefficient (Wildman–Crippen LogP) is 1.06. The van der Waals surface area contributed by atoms with Crippen molar-refractivity contribution in [3.05, 3.63) is 23.9 Å². The highest BCUT2D eigenvalue weighted by molar-refractivity contribution is 5.66. The van der Waals surface area contributed by atoms with Crippen LogP contribution in [0.1, 0.15) is 5.69 Å². The van der Waals surface area contributed by atoms with E-state index >= 15 is 0 Å². The van der Waals surface area contributed by atoms with Crippen LogP contribution < -0.4 is 14.8 Å². The quantitative estimate of drug-likeness (QED) is 0.783. The van der Waals surface area contributed by atoms with E-state index in [0.29, 0.717) is 25.7 Å². The van der Waals surface area contributed by atoms with Gasteiger partial charge in [-0.1, -0.05) is 5.21 Å². The van der Waals surface area contributed by atoms with Crippen LogP contribution in [0.3, 0.4) is 0 Å². The smallest absolute Gasteiger partial charge is 0.231 e. The molecule has 2 aliphatic heterocycles. The summed E-state index contributed by atoms with van der Waals surface area (Å²) >= 11 is 0. The van der Waals surface area contributed by atoms with Crippen molar-refractivity contribution in [2.24, 2.45) is 5.92 Å². The van der Waals surface area contributed by atoms with E-state index in [1.807, 2.05) is 22.9 Å². The summed E-state index contributed by atoms with van der Waals surface area (Å²) < 4.78 is 23.7. The maximum atomic E-state index is 5.88. The summed E-state index contributed by atoms with van der Waals surface area (Å²) in [6, 6.07) is 5.83. The van der Waals surface area contributed by atoms with E-state index in [1.165, 1.54) is 0 Å². The molecule has 134 valence electrons. The number of benzene rings is 1. The number of fused-ring (bicyclic) bond motifs is 2. The lowest BCUT2D eigenvalue weighted by Crippen LogP contribution is -2.30. The highest BCUT2D eigenvalue weighted by Gasteiger charge is 2.23. The van der Waals surface area contributed by atoms with E-state index in [0.717, 1.165) is 48.1 Å². The van der Waals surface area contributed by atoms with Gasteiger partial charge in [-0.2, -0.15) is 0 Å². The summed E-state index contributed by atoms with van der Waals surface area (Å²) in [5.41, 5.74) is 2.80. The average Bonchev–Trinajstić information content (AvgIpc) is 3.20. The first kappa shape index (κ1) is 16.3. The number of aromatic nitrogens is 3. The van der Waals surface area contributed by atoms with Crippen LogP contribution in [0.15, 0.2) is 18.2 Å². The monoisotopic (exact) mass is 346 g/mol.